The van der Waals surface area contributed by atoms with E-state index in [0.717, 1.165) is 5.52 Å². The molecule has 2 aromatic heterocycles. The van der Waals surface area contributed by atoms with Crippen molar-refractivity contribution in [1.29, 1.82) is 0 Å². The minimum Gasteiger partial charge on any atom is -0.494 e. The van der Waals surface area contributed by atoms with Crippen LogP contribution in [-0.2, 0) is 0 Å². The molecule has 3 rings (SSSR count). The van der Waals surface area contributed by atoms with Gasteiger partial charge in [-0.25, -0.2) is 9.37 Å². The molecular weight excluding hydrogens is 273 g/mol. The van der Waals surface area contributed by atoms with E-state index in [4.69, 9.17) is 9.47 Å². The Morgan fingerprint density at radius 1 is 1.19 bits per heavy atom. The summed E-state index contributed by atoms with van der Waals surface area (Å²) in [5.41, 5.74) is 1.93. The Bertz CT molecular complexity index is 786. The number of H-pyrrole nitrogens is 1. The topological polar surface area (TPSA) is 60.0 Å². The third kappa shape index (κ3) is 2.52. The van der Waals surface area contributed by atoms with Crippen LogP contribution >= 0.6 is 0 Å². The number of benzene rings is 1. The monoisotopic (exact) mass is 287 g/mol. The zero-order valence-corrected chi connectivity index (χ0v) is 11.7. The SMILES string of the molecule is CCOc1ccc2[nH]c(-c3ccc(OC)c(F)c3)nc2n1. The largest absolute Gasteiger partial charge is 0.494 e. The van der Waals surface area contributed by atoms with Crippen molar-refractivity contribution in [3.63, 3.8) is 0 Å². The molecule has 1 N–H and O–H groups in total. The predicted octanol–water partition coefficient (Wildman–Crippen LogP) is 3.17. The number of rotatable bonds is 4. The molecule has 0 atom stereocenters. The number of aromatic amines is 1. The summed E-state index contributed by atoms with van der Waals surface area (Å²) >= 11 is 0. The predicted molar refractivity (Wildman–Crippen MR) is 77.0 cm³/mol. The highest BCUT2D eigenvalue weighted by Crippen LogP contribution is 2.25. The van der Waals surface area contributed by atoms with Gasteiger partial charge in [-0.3, -0.25) is 0 Å². The number of aromatic nitrogens is 3. The lowest BCUT2D eigenvalue weighted by molar-refractivity contribution is 0.328. The lowest BCUT2D eigenvalue weighted by atomic mass is 10.2. The molecule has 0 unspecified atom stereocenters. The second-order valence-electron chi connectivity index (χ2n) is 4.39. The van der Waals surface area contributed by atoms with Gasteiger partial charge in [0.25, 0.3) is 0 Å². The first kappa shape index (κ1) is 13.4. The van der Waals surface area contributed by atoms with Crippen LogP contribution in [0.4, 0.5) is 4.39 Å². The van der Waals surface area contributed by atoms with Gasteiger partial charge in [0.05, 0.1) is 19.2 Å². The molecule has 0 fully saturated rings. The number of ether oxygens (including phenoxy) is 2. The van der Waals surface area contributed by atoms with Gasteiger partial charge in [-0.05, 0) is 31.2 Å². The number of imidazole rings is 1. The maximum absolute atomic E-state index is 13.8. The van der Waals surface area contributed by atoms with Crippen LogP contribution < -0.4 is 9.47 Å². The first-order chi connectivity index (χ1) is 10.2. The smallest absolute Gasteiger partial charge is 0.215 e. The highest BCUT2D eigenvalue weighted by atomic mass is 19.1. The average molecular weight is 287 g/mol. The molecular formula is C15H14FN3O2. The van der Waals surface area contributed by atoms with Crippen LogP contribution in [0.15, 0.2) is 30.3 Å². The van der Waals surface area contributed by atoms with E-state index in [1.807, 2.05) is 13.0 Å². The Morgan fingerprint density at radius 2 is 2.05 bits per heavy atom. The van der Waals surface area contributed by atoms with Gasteiger partial charge < -0.3 is 14.5 Å². The number of nitrogens with one attached hydrogen (secondary N) is 1. The van der Waals surface area contributed by atoms with Gasteiger partial charge in [-0.1, -0.05) is 0 Å². The number of hydrogen-bond donors (Lipinski definition) is 1. The molecule has 3 aromatic rings. The zero-order chi connectivity index (χ0) is 14.8. The van der Waals surface area contributed by atoms with Gasteiger partial charge in [-0.2, -0.15) is 4.98 Å². The second-order valence-corrected chi connectivity index (χ2v) is 4.39. The summed E-state index contributed by atoms with van der Waals surface area (Å²) in [5, 5.41) is 0. The van der Waals surface area contributed by atoms with Gasteiger partial charge in [0, 0.05) is 11.6 Å². The molecule has 2 heterocycles. The van der Waals surface area contributed by atoms with Gasteiger partial charge >= 0.3 is 0 Å². The molecule has 21 heavy (non-hydrogen) atoms. The molecule has 0 aliphatic heterocycles. The van der Waals surface area contributed by atoms with E-state index in [1.165, 1.54) is 13.2 Å². The molecule has 1 aromatic carbocycles. The molecule has 0 saturated carbocycles. The van der Waals surface area contributed by atoms with Gasteiger partial charge in [0.2, 0.25) is 5.88 Å². The number of pyridine rings is 1. The molecule has 6 heteroatoms. The van der Waals surface area contributed by atoms with Crippen molar-refractivity contribution in [2.75, 3.05) is 13.7 Å². The Balaban J connectivity index is 2.02. The van der Waals surface area contributed by atoms with Crippen molar-refractivity contribution in [3.8, 4) is 23.0 Å². The molecule has 0 amide bonds. The van der Waals surface area contributed by atoms with Crippen LogP contribution in [0.5, 0.6) is 11.6 Å². The third-order valence-electron chi connectivity index (χ3n) is 3.04. The van der Waals surface area contributed by atoms with Crippen molar-refractivity contribution in [3.05, 3.63) is 36.1 Å². The Hall–Kier alpha value is -2.63. The number of halogens is 1. The quantitative estimate of drug-likeness (QED) is 0.800. The summed E-state index contributed by atoms with van der Waals surface area (Å²) in [7, 11) is 1.43. The number of nitrogens with zero attached hydrogens (tertiary/aromatic N) is 2. The first-order valence-electron chi connectivity index (χ1n) is 6.54. The van der Waals surface area contributed by atoms with Gasteiger partial charge in [-0.15, -0.1) is 0 Å². The summed E-state index contributed by atoms with van der Waals surface area (Å²) in [6.45, 7) is 2.43. The molecule has 0 saturated heterocycles. The van der Waals surface area contributed by atoms with Crippen LogP contribution in [0, 0.1) is 5.82 Å². The number of fused-ring (bicyclic) bond motifs is 1. The molecule has 0 aliphatic carbocycles. The zero-order valence-electron chi connectivity index (χ0n) is 11.7. The maximum atomic E-state index is 13.8. The fourth-order valence-corrected chi connectivity index (χ4v) is 2.05. The summed E-state index contributed by atoms with van der Waals surface area (Å²) in [4.78, 5) is 11.8. The molecule has 0 spiro atoms. The van der Waals surface area contributed by atoms with Crippen molar-refractivity contribution in [2.24, 2.45) is 0 Å². The lowest BCUT2D eigenvalue weighted by Crippen LogP contribution is -1.93. The van der Waals surface area contributed by atoms with Gasteiger partial charge in [0.1, 0.15) is 5.82 Å². The normalized spacial score (nSPS) is 10.8. The van der Waals surface area contributed by atoms with E-state index in [9.17, 15) is 4.39 Å². The van der Waals surface area contributed by atoms with Crippen molar-refractivity contribution >= 4 is 11.2 Å². The van der Waals surface area contributed by atoms with Crippen LogP contribution in [0.2, 0.25) is 0 Å². The van der Waals surface area contributed by atoms with Crippen molar-refractivity contribution < 1.29 is 13.9 Å². The van der Waals surface area contributed by atoms with E-state index < -0.39 is 5.82 Å². The summed E-state index contributed by atoms with van der Waals surface area (Å²) < 4.78 is 24.0. The van der Waals surface area contributed by atoms with E-state index in [2.05, 4.69) is 15.0 Å². The van der Waals surface area contributed by atoms with Crippen LogP contribution in [-0.4, -0.2) is 28.7 Å². The molecule has 0 bridgehead atoms. The number of methoxy groups -OCH3 is 1. The highest BCUT2D eigenvalue weighted by Gasteiger charge is 2.10. The fourth-order valence-electron chi connectivity index (χ4n) is 2.05. The van der Waals surface area contributed by atoms with E-state index in [0.29, 0.717) is 29.5 Å². The van der Waals surface area contributed by atoms with Crippen LogP contribution in [0.25, 0.3) is 22.6 Å². The standard InChI is InChI=1S/C15H14FN3O2/c1-3-21-13-7-5-11-15(18-13)19-14(17-11)9-4-6-12(20-2)10(16)8-9/h4-8H,3H2,1-2H3,(H,17,18,19). The Kier molecular flexibility index (Phi) is 3.43. The second kappa shape index (κ2) is 5.40. The molecule has 0 aliphatic rings. The maximum Gasteiger partial charge on any atom is 0.215 e. The first-order valence-corrected chi connectivity index (χ1v) is 6.54. The van der Waals surface area contributed by atoms with E-state index in [1.54, 1.807) is 18.2 Å². The molecule has 0 radical (unpaired) electrons. The molecule has 108 valence electrons. The highest BCUT2D eigenvalue weighted by molar-refractivity contribution is 5.76. The van der Waals surface area contributed by atoms with Crippen molar-refractivity contribution in [2.45, 2.75) is 6.92 Å². The Labute approximate surface area is 120 Å². The Morgan fingerprint density at radius 3 is 2.76 bits per heavy atom. The van der Waals surface area contributed by atoms with E-state index >= 15 is 0 Å². The minimum absolute atomic E-state index is 0.201. The van der Waals surface area contributed by atoms with Crippen LogP contribution in [0.1, 0.15) is 6.92 Å². The molecule has 5 nitrogen and oxygen atoms in total. The third-order valence-corrected chi connectivity index (χ3v) is 3.04. The van der Waals surface area contributed by atoms with Crippen molar-refractivity contribution in [1.82, 2.24) is 15.0 Å². The number of hydrogen-bond acceptors (Lipinski definition) is 4. The van der Waals surface area contributed by atoms with Crippen LogP contribution in [0.3, 0.4) is 0 Å². The lowest BCUT2D eigenvalue weighted by Gasteiger charge is -2.02. The van der Waals surface area contributed by atoms with E-state index in [-0.39, 0.29) is 5.75 Å². The summed E-state index contributed by atoms with van der Waals surface area (Å²) in [6.07, 6.45) is 0. The minimum atomic E-state index is -0.432. The fraction of sp³-hybridized carbons (Fsp3) is 0.200. The summed E-state index contributed by atoms with van der Waals surface area (Å²) in [5.74, 6) is 0.835. The van der Waals surface area contributed by atoms with Gasteiger partial charge in [0.15, 0.2) is 17.2 Å². The summed E-state index contributed by atoms with van der Waals surface area (Å²) in [6, 6.07) is 8.28. The average Bonchev–Trinajstić information content (AvgIpc) is 2.90.